The van der Waals surface area contributed by atoms with Crippen LogP contribution in [0.15, 0.2) is 67.4 Å². The highest BCUT2D eigenvalue weighted by atomic mass is 16.3. The molecule has 2 aromatic heterocycles. The second-order valence-corrected chi connectivity index (χ2v) is 4.75. The first-order chi connectivity index (χ1) is 10.6. The summed E-state index contributed by atoms with van der Waals surface area (Å²) in [6.07, 6.45) is 4.89. The van der Waals surface area contributed by atoms with Gasteiger partial charge in [0.05, 0.1) is 11.2 Å². The summed E-state index contributed by atoms with van der Waals surface area (Å²) in [4.78, 5) is 6.29. The smallest absolute Gasteiger partial charge is 0.257 e. The van der Waals surface area contributed by atoms with Gasteiger partial charge in [-0.2, -0.15) is 4.98 Å². The molecule has 0 amide bonds. The number of nitrogens with zero attached hydrogens (tertiary/aromatic N) is 5. The quantitative estimate of drug-likeness (QED) is 0.592. The van der Waals surface area contributed by atoms with Crippen LogP contribution in [0.25, 0.3) is 16.7 Å². The SMILES string of the molecule is C=C/C=C(\C(=C)O)N(C)c1nc2nncn2c2ccccc12.[HH]. The molecular weight excluding hydrogens is 278 g/mol. The van der Waals surface area contributed by atoms with E-state index in [4.69, 9.17) is 0 Å². The van der Waals surface area contributed by atoms with E-state index in [0.717, 1.165) is 10.9 Å². The molecule has 0 unspecified atom stereocenters. The standard InChI is InChI=1S/C16H15N5O.H2/c1-4-7-13(11(2)22)20(3)15-12-8-5-6-9-14(12)21-10-17-19-16(21)18-15;/h4-10,22H,1-2H2,3H3;1H/b13-7+;. The van der Waals surface area contributed by atoms with Crippen LogP contribution in [-0.4, -0.2) is 31.7 Å². The highest BCUT2D eigenvalue weighted by molar-refractivity contribution is 5.92. The second-order valence-electron chi connectivity index (χ2n) is 4.75. The molecule has 3 aromatic rings. The number of benzene rings is 1. The van der Waals surface area contributed by atoms with Crippen LogP contribution in [-0.2, 0) is 0 Å². The van der Waals surface area contributed by atoms with E-state index in [9.17, 15) is 5.11 Å². The van der Waals surface area contributed by atoms with Gasteiger partial charge in [0.15, 0.2) is 0 Å². The predicted octanol–water partition coefficient (Wildman–Crippen LogP) is 3.10. The van der Waals surface area contributed by atoms with Gasteiger partial charge in [0.25, 0.3) is 5.78 Å². The first-order valence-corrected chi connectivity index (χ1v) is 6.66. The first kappa shape index (κ1) is 13.8. The van der Waals surface area contributed by atoms with Crippen molar-refractivity contribution in [2.24, 2.45) is 0 Å². The van der Waals surface area contributed by atoms with Crippen LogP contribution in [0.3, 0.4) is 0 Å². The van der Waals surface area contributed by atoms with E-state index >= 15 is 0 Å². The number of likely N-dealkylation sites (N-methyl/N-ethyl adjacent to an activating group) is 1. The number of anilines is 1. The van der Waals surface area contributed by atoms with Crippen molar-refractivity contribution in [3.05, 3.63) is 67.4 Å². The average Bonchev–Trinajstić information content (AvgIpc) is 2.99. The number of para-hydroxylation sites is 1. The third-order valence-electron chi connectivity index (χ3n) is 3.39. The highest BCUT2D eigenvalue weighted by Crippen LogP contribution is 2.28. The number of fused-ring (bicyclic) bond motifs is 3. The van der Waals surface area contributed by atoms with Crippen molar-refractivity contribution in [1.29, 1.82) is 0 Å². The van der Waals surface area contributed by atoms with Crippen molar-refractivity contribution >= 4 is 22.5 Å². The minimum absolute atomic E-state index is 0. The molecular formula is C16H17N5O. The zero-order valence-electron chi connectivity index (χ0n) is 12.1. The van der Waals surface area contributed by atoms with Gasteiger partial charge in [0.2, 0.25) is 0 Å². The second kappa shape index (κ2) is 5.33. The summed E-state index contributed by atoms with van der Waals surface area (Å²) in [5.74, 6) is 1.08. The van der Waals surface area contributed by atoms with Gasteiger partial charge >= 0.3 is 0 Å². The van der Waals surface area contributed by atoms with Crippen molar-refractivity contribution < 1.29 is 6.53 Å². The summed E-state index contributed by atoms with van der Waals surface area (Å²) in [6, 6.07) is 7.80. The molecule has 1 aromatic carbocycles. The predicted molar refractivity (Wildman–Crippen MR) is 88.9 cm³/mol. The average molecular weight is 295 g/mol. The molecule has 0 saturated carbocycles. The zero-order valence-corrected chi connectivity index (χ0v) is 12.1. The topological polar surface area (TPSA) is 66.5 Å². The van der Waals surface area contributed by atoms with Gasteiger partial charge in [0, 0.05) is 13.9 Å². The number of aliphatic hydroxyl groups is 1. The number of aliphatic hydroxyl groups excluding tert-OH is 1. The van der Waals surface area contributed by atoms with Crippen LogP contribution < -0.4 is 4.90 Å². The Morgan fingerprint density at radius 1 is 1.41 bits per heavy atom. The lowest BCUT2D eigenvalue weighted by Crippen LogP contribution is -2.20. The molecule has 3 rings (SSSR count). The molecule has 0 atom stereocenters. The van der Waals surface area contributed by atoms with Crippen LogP contribution in [0.1, 0.15) is 1.43 Å². The molecule has 6 heteroatoms. The minimum atomic E-state index is -0.0605. The van der Waals surface area contributed by atoms with Crippen molar-refractivity contribution in [3.8, 4) is 0 Å². The maximum atomic E-state index is 9.81. The Morgan fingerprint density at radius 2 is 2.18 bits per heavy atom. The van der Waals surface area contributed by atoms with Gasteiger partial charge in [-0.1, -0.05) is 31.4 Å². The third-order valence-corrected chi connectivity index (χ3v) is 3.39. The fourth-order valence-corrected chi connectivity index (χ4v) is 2.39. The molecule has 6 nitrogen and oxygen atoms in total. The zero-order chi connectivity index (χ0) is 15.7. The lowest BCUT2D eigenvalue weighted by atomic mass is 10.2. The molecule has 0 aliphatic rings. The van der Waals surface area contributed by atoms with Crippen molar-refractivity contribution in [2.45, 2.75) is 0 Å². The number of rotatable bonds is 4. The normalized spacial score (nSPS) is 11.8. The molecule has 2 heterocycles. The molecule has 0 saturated heterocycles. The highest BCUT2D eigenvalue weighted by Gasteiger charge is 2.16. The summed E-state index contributed by atoms with van der Waals surface area (Å²) in [6.45, 7) is 7.25. The van der Waals surface area contributed by atoms with E-state index in [-0.39, 0.29) is 7.19 Å². The van der Waals surface area contributed by atoms with Crippen molar-refractivity contribution in [3.63, 3.8) is 0 Å². The lowest BCUT2D eigenvalue weighted by molar-refractivity contribution is 0.423. The van der Waals surface area contributed by atoms with Gasteiger partial charge in [0.1, 0.15) is 17.9 Å². The van der Waals surface area contributed by atoms with Gasteiger partial charge in [-0.25, -0.2) is 0 Å². The van der Waals surface area contributed by atoms with Gasteiger partial charge in [-0.3, -0.25) is 4.40 Å². The number of hydrogen-bond acceptors (Lipinski definition) is 5. The summed E-state index contributed by atoms with van der Waals surface area (Å²) < 4.78 is 1.82. The van der Waals surface area contributed by atoms with E-state index in [1.165, 1.54) is 0 Å². The molecule has 0 aliphatic carbocycles. The Labute approximate surface area is 128 Å². The first-order valence-electron chi connectivity index (χ1n) is 6.66. The fourth-order valence-electron chi connectivity index (χ4n) is 2.39. The van der Waals surface area contributed by atoms with Crippen LogP contribution in [0.4, 0.5) is 5.82 Å². The number of hydrogen-bond donors (Lipinski definition) is 1. The Hall–Kier alpha value is -3.15. The van der Waals surface area contributed by atoms with Crippen LogP contribution in [0.2, 0.25) is 0 Å². The Bertz CT molecular complexity index is 915. The summed E-state index contributed by atoms with van der Waals surface area (Å²) >= 11 is 0. The number of aromatic nitrogens is 4. The van der Waals surface area contributed by atoms with E-state index in [0.29, 0.717) is 17.3 Å². The van der Waals surface area contributed by atoms with Gasteiger partial charge < -0.3 is 10.0 Å². The third kappa shape index (κ3) is 2.10. The molecule has 0 fully saturated rings. The molecule has 22 heavy (non-hydrogen) atoms. The van der Waals surface area contributed by atoms with Gasteiger partial charge in [-0.15, -0.1) is 10.2 Å². The van der Waals surface area contributed by atoms with Crippen molar-refractivity contribution in [1.82, 2.24) is 19.6 Å². The molecule has 112 valence electrons. The Balaban J connectivity index is 0.00000192. The fraction of sp³-hybridized carbons (Fsp3) is 0.0625. The molecule has 0 spiro atoms. The van der Waals surface area contributed by atoms with E-state index in [1.54, 1.807) is 30.4 Å². The Morgan fingerprint density at radius 3 is 2.91 bits per heavy atom. The van der Waals surface area contributed by atoms with E-state index in [2.05, 4.69) is 28.3 Å². The summed E-state index contributed by atoms with van der Waals surface area (Å²) in [5, 5.41) is 18.6. The summed E-state index contributed by atoms with van der Waals surface area (Å²) in [7, 11) is 1.80. The monoisotopic (exact) mass is 295 g/mol. The van der Waals surface area contributed by atoms with Crippen LogP contribution in [0, 0.1) is 0 Å². The molecule has 1 N–H and O–H groups in total. The Kier molecular flexibility index (Phi) is 3.34. The van der Waals surface area contributed by atoms with E-state index < -0.39 is 0 Å². The van der Waals surface area contributed by atoms with Crippen molar-refractivity contribution in [2.75, 3.05) is 11.9 Å². The van der Waals surface area contributed by atoms with Crippen LogP contribution in [0.5, 0.6) is 0 Å². The van der Waals surface area contributed by atoms with Crippen LogP contribution >= 0.6 is 0 Å². The number of allylic oxidation sites excluding steroid dienone is 2. The molecule has 0 radical (unpaired) electrons. The van der Waals surface area contributed by atoms with E-state index in [1.807, 2.05) is 28.7 Å². The summed E-state index contributed by atoms with van der Waals surface area (Å²) in [5.41, 5.74) is 1.44. The molecule has 0 aliphatic heterocycles. The maximum Gasteiger partial charge on any atom is 0.257 e. The minimum Gasteiger partial charge on any atom is -0.506 e. The maximum absolute atomic E-state index is 9.81. The lowest BCUT2D eigenvalue weighted by Gasteiger charge is -2.22. The largest absolute Gasteiger partial charge is 0.506 e. The van der Waals surface area contributed by atoms with Gasteiger partial charge in [-0.05, 0) is 18.2 Å². The molecule has 0 bridgehead atoms.